The van der Waals surface area contributed by atoms with E-state index in [1.807, 2.05) is 4.90 Å². The molecule has 1 amide bonds. The Kier molecular flexibility index (Phi) is 7.23. The van der Waals surface area contributed by atoms with Crippen molar-refractivity contribution in [3.63, 3.8) is 0 Å². The molecule has 37 heavy (non-hydrogen) atoms. The number of thioether (sulfide) groups is 1. The van der Waals surface area contributed by atoms with E-state index in [9.17, 15) is 41.3 Å². The van der Waals surface area contributed by atoms with Crippen molar-refractivity contribution in [1.29, 1.82) is 0 Å². The third-order valence-electron chi connectivity index (χ3n) is 6.30. The lowest BCUT2D eigenvalue weighted by Crippen LogP contribution is -2.35. The van der Waals surface area contributed by atoms with Gasteiger partial charge in [-0.25, -0.2) is 4.79 Å². The number of rotatable bonds is 5. The molecule has 2 aromatic rings. The van der Waals surface area contributed by atoms with E-state index in [2.05, 4.69) is 0 Å². The molecule has 0 aromatic heterocycles. The van der Waals surface area contributed by atoms with Crippen LogP contribution in [0.1, 0.15) is 35.3 Å². The van der Waals surface area contributed by atoms with Gasteiger partial charge in [0.2, 0.25) is 0 Å². The Morgan fingerprint density at radius 2 is 1.62 bits per heavy atom. The average molecular weight is 549 g/mol. The SMILES string of the molecule is C[C@H]1[C@@H](c2cc(C(F)(F)F)cc(C(F)(F)F)c2)OC(=O)N1Cc1cc([N+](=O)[O-])ccc1N1CCSCC1. The minimum atomic E-state index is -5.05. The molecule has 0 spiro atoms. The molecule has 14 heteroatoms. The topological polar surface area (TPSA) is 75.9 Å². The summed E-state index contributed by atoms with van der Waals surface area (Å²) in [6, 6.07) is 4.37. The van der Waals surface area contributed by atoms with Gasteiger partial charge in [-0.2, -0.15) is 38.1 Å². The number of benzene rings is 2. The summed E-state index contributed by atoms with van der Waals surface area (Å²) in [7, 11) is 0. The second kappa shape index (κ2) is 9.95. The molecule has 2 heterocycles. The minimum Gasteiger partial charge on any atom is -0.439 e. The lowest BCUT2D eigenvalue weighted by Gasteiger charge is -2.31. The van der Waals surface area contributed by atoms with E-state index in [1.54, 1.807) is 17.8 Å². The van der Waals surface area contributed by atoms with Gasteiger partial charge in [0, 0.05) is 48.0 Å². The van der Waals surface area contributed by atoms with Crippen LogP contribution in [0.5, 0.6) is 0 Å². The van der Waals surface area contributed by atoms with Crippen molar-refractivity contribution < 1.29 is 40.8 Å². The number of cyclic esters (lactones) is 1. The molecule has 2 saturated heterocycles. The number of carbonyl (C=O) groups excluding carboxylic acids is 1. The number of nitrogens with zero attached hydrogens (tertiary/aromatic N) is 3. The number of ether oxygens (including phenoxy) is 1. The molecule has 200 valence electrons. The molecule has 0 radical (unpaired) electrons. The average Bonchev–Trinajstić information content (AvgIpc) is 3.11. The number of hydrogen-bond acceptors (Lipinski definition) is 6. The van der Waals surface area contributed by atoms with Crippen LogP contribution in [0.15, 0.2) is 36.4 Å². The fraction of sp³-hybridized carbons (Fsp3) is 0.435. The number of anilines is 1. The highest BCUT2D eigenvalue weighted by Gasteiger charge is 2.43. The molecular formula is C23H21F6N3O4S. The molecule has 0 bridgehead atoms. The lowest BCUT2D eigenvalue weighted by atomic mass is 9.97. The first-order valence-corrected chi connectivity index (χ1v) is 12.3. The van der Waals surface area contributed by atoms with Gasteiger partial charge in [-0.05, 0) is 36.8 Å². The zero-order chi connectivity index (χ0) is 27.1. The van der Waals surface area contributed by atoms with Crippen LogP contribution in [0.4, 0.5) is 42.5 Å². The van der Waals surface area contributed by atoms with Gasteiger partial charge in [-0.3, -0.25) is 15.0 Å². The number of hydrogen-bond donors (Lipinski definition) is 0. The maximum absolute atomic E-state index is 13.3. The van der Waals surface area contributed by atoms with Crippen molar-refractivity contribution in [2.75, 3.05) is 29.5 Å². The van der Waals surface area contributed by atoms with Gasteiger partial charge in [-0.15, -0.1) is 0 Å². The van der Waals surface area contributed by atoms with Crippen LogP contribution < -0.4 is 4.90 Å². The summed E-state index contributed by atoms with van der Waals surface area (Å²) < 4.78 is 85.3. The number of amides is 1. The summed E-state index contributed by atoms with van der Waals surface area (Å²) in [5, 5.41) is 11.4. The van der Waals surface area contributed by atoms with E-state index >= 15 is 0 Å². The predicted molar refractivity (Wildman–Crippen MR) is 123 cm³/mol. The molecule has 2 aromatic carbocycles. The Bertz CT molecular complexity index is 1170. The second-order valence-corrected chi connectivity index (χ2v) is 9.91. The zero-order valence-electron chi connectivity index (χ0n) is 19.3. The number of nitro benzene ring substituents is 1. The zero-order valence-corrected chi connectivity index (χ0v) is 20.1. The normalized spacial score (nSPS) is 20.8. The molecule has 2 fully saturated rings. The van der Waals surface area contributed by atoms with E-state index in [0.29, 0.717) is 36.5 Å². The summed E-state index contributed by atoms with van der Waals surface area (Å²) in [6.07, 6.45) is -12.5. The van der Waals surface area contributed by atoms with Gasteiger partial charge in [0.05, 0.1) is 28.6 Å². The number of nitro groups is 1. The Hall–Kier alpha value is -3.16. The standard InChI is InChI=1S/C23H21F6N3O4S/c1-13-20(14-8-16(22(24,25)26)11-17(9-14)23(27,28)29)36-21(33)31(13)12-15-10-18(32(34)35)2-3-19(15)30-4-6-37-7-5-30/h2-3,8-11,13,20H,4-7,12H2,1H3/t13-,20-/m0/s1. The van der Waals surface area contributed by atoms with Gasteiger partial charge in [0.1, 0.15) is 6.10 Å². The van der Waals surface area contributed by atoms with Crippen LogP contribution in [0.2, 0.25) is 0 Å². The highest BCUT2D eigenvalue weighted by molar-refractivity contribution is 7.99. The maximum atomic E-state index is 13.3. The summed E-state index contributed by atoms with van der Waals surface area (Å²) in [5.74, 6) is 1.66. The summed E-state index contributed by atoms with van der Waals surface area (Å²) in [5.41, 5.74) is -2.60. The summed E-state index contributed by atoms with van der Waals surface area (Å²) >= 11 is 1.75. The van der Waals surface area contributed by atoms with Crippen LogP contribution in [0, 0.1) is 10.1 Å². The first-order chi connectivity index (χ1) is 17.3. The van der Waals surface area contributed by atoms with Crippen molar-refractivity contribution in [2.45, 2.75) is 38.0 Å². The van der Waals surface area contributed by atoms with Crippen molar-refractivity contribution in [1.82, 2.24) is 4.90 Å². The lowest BCUT2D eigenvalue weighted by molar-refractivity contribution is -0.384. The molecule has 2 aliphatic heterocycles. The van der Waals surface area contributed by atoms with Gasteiger partial charge >= 0.3 is 18.4 Å². The molecule has 2 atom stereocenters. The van der Waals surface area contributed by atoms with E-state index < -0.39 is 52.2 Å². The Balaban J connectivity index is 1.68. The number of alkyl halides is 6. The maximum Gasteiger partial charge on any atom is 0.416 e. The fourth-order valence-corrected chi connectivity index (χ4v) is 5.31. The summed E-state index contributed by atoms with van der Waals surface area (Å²) in [6.45, 7) is 2.60. The molecule has 0 aliphatic carbocycles. The van der Waals surface area contributed by atoms with Gasteiger partial charge < -0.3 is 9.64 Å². The largest absolute Gasteiger partial charge is 0.439 e. The quantitative estimate of drug-likeness (QED) is 0.249. The van der Waals surface area contributed by atoms with Gasteiger partial charge in [0.15, 0.2) is 0 Å². The highest BCUT2D eigenvalue weighted by Crippen LogP contribution is 2.41. The Morgan fingerprint density at radius 1 is 1.03 bits per heavy atom. The predicted octanol–water partition coefficient (Wildman–Crippen LogP) is 6.27. The van der Waals surface area contributed by atoms with E-state index in [1.165, 1.54) is 19.1 Å². The number of halogens is 6. The minimum absolute atomic E-state index is 0.00892. The molecule has 7 nitrogen and oxygen atoms in total. The van der Waals surface area contributed by atoms with Crippen LogP contribution in [0.25, 0.3) is 0 Å². The number of carbonyl (C=O) groups is 1. The van der Waals surface area contributed by atoms with Crippen LogP contribution in [0.3, 0.4) is 0 Å². The van der Waals surface area contributed by atoms with Gasteiger partial charge in [0.25, 0.3) is 5.69 Å². The molecule has 2 aliphatic rings. The Morgan fingerprint density at radius 3 is 2.16 bits per heavy atom. The monoisotopic (exact) mass is 549 g/mol. The second-order valence-electron chi connectivity index (χ2n) is 8.68. The summed E-state index contributed by atoms with van der Waals surface area (Å²) in [4.78, 5) is 26.7. The Labute approximate surface area is 211 Å². The van der Waals surface area contributed by atoms with Crippen molar-refractivity contribution >= 4 is 29.2 Å². The molecule has 0 N–H and O–H groups in total. The first-order valence-electron chi connectivity index (χ1n) is 11.1. The van der Waals surface area contributed by atoms with Crippen molar-refractivity contribution in [3.05, 3.63) is 68.8 Å². The third-order valence-corrected chi connectivity index (χ3v) is 7.24. The molecule has 0 unspecified atom stereocenters. The number of non-ortho nitro benzene ring substituents is 1. The smallest absolute Gasteiger partial charge is 0.416 e. The van der Waals surface area contributed by atoms with Crippen LogP contribution in [-0.4, -0.2) is 46.6 Å². The van der Waals surface area contributed by atoms with Crippen LogP contribution >= 0.6 is 11.8 Å². The third kappa shape index (κ3) is 5.73. The molecular weight excluding hydrogens is 528 g/mol. The van der Waals surface area contributed by atoms with E-state index in [-0.39, 0.29) is 18.3 Å². The molecule has 4 rings (SSSR count). The van der Waals surface area contributed by atoms with Gasteiger partial charge in [-0.1, -0.05) is 0 Å². The highest BCUT2D eigenvalue weighted by atomic mass is 32.2. The molecule has 0 saturated carbocycles. The fourth-order valence-electron chi connectivity index (χ4n) is 4.41. The van der Waals surface area contributed by atoms with Crippen molar-refractivity contribution in [2.24, 2.45) is 0 Å². The van der Waals surface area contributed by atoms with E-state index in [4.69, 9.17) is 4.74 Å². The first kappa shape index (κ1) is 26.9. The van der Waals surface area contributed by atoms with E-state index in [0.717, 1.165) is 16.4 Å². The van der Waals surface area contributed by atoms with Crippen LogP contribution in [-0.2, 0) is 23.6 Å². The van der Waals surface area contributed by atoms with Crippen molar-refractivity contribution in [3.8, 4) is 0 Å².